The molecular weight excluding hydrogens is 272 g/mol. The molecule has 0 saturated carbocycles. The highest BCUT2D eigenvalue weighted by Gasteiger charge is 2.08. The summed E-state index contributed by atoms with van der Waals surface area (Å²) in [6.45, 7) is 8.01. The van der Waals surface area contributed by atoms with E-state index in [4.69, 9.17) is 11.5 Å². The molecule has 4 nitrogen and oxygen atoms in total. The van der Waals surface area contributed by atoms with Gasteiger partial charge in [0.05, 0.1) is 0 Å². The lowest BCUT2D eigenvalue weighted by Gasteiger charge is -2.09. The van der Waals surface area contributed by atoms with Gasteiger partial charge in [0.1, 0.15) is 0 Å². The lowest BCUT2D eigenvalue weighted by molar-refractivity contribution is 1.18. The number of hydrogen-bond donors (Lipinski definition) is 2. The minimum absolute atomic E-state index is 0.379. The van der Waals surface area contributed by atoms with Crippen molar-refractivity contribution in [2.45, 2.75) is 27.7 Å². The van der Waals surface area contributed by atoms with Crippen LogP contribution in [0.4, 0.5) is 0 Å². The quantitative estimate of drug-likeness (QED) is 0.518. The maximum Gasteiger partial charge on any atom is 0.153 e. The van der Waals surface area contributed by atoms with E-state index in [0.29, 0.717) is 11.7 Å². The highest BCUT2D eigenvalue weighted by Crippen LogP contribution is 2.14. The Balaban J connectivity index is 2.41. The molecule has 0 unspecified atom stereocenters. The van der Waals surface area contributed by atoms with Crippen LogP contribution in [0, 0.1) is 27.7 Å². The maximum absolute atomic E-state index is 6.09. The molecule has 2 aromatic rings. The number of aryl methyl sites for hydroxylation is 4. The second-order valence-corrected chi connectivity index (χ2v) is 5.50. The standard InChI is InChI=1S/C18H22N4/c1-11-7-5-8-12(2)15(11)17(19)21-22-18(20)16-13(3)9-6-10-14(16)4/h5-10H,1-4H3,(H2,19,21)(H2,20,22). The molecule has 2 aromatic carbocycles. The molecule has 0 aliphatic carbocycles. The van der Waals surface area contributed by atoms with Crippen LogP contribution >= 0.6 is 0 Å². The number of rotatable bonds is 3. The van der Waals surface area contributed by atoms with Gasteiger partial charge < -0.3 is 11.5 Å². The summed E-state index contributed by atoms with van der Waals surface area (Å²) in [5.41, 5.74) is 18.3. The summed E-state index contributed by atoms with van der Waals surface area (Å²) in [7, 11) is 0. The van der Waals surface area contributed by atoms with E-state index in [2.05, 4.69) is 10.2 Å². The molecule has 0 saturated heterocycles. The molecule has 0 spiro atoms. The molecular formula is C18H22N4. The van der Waals surface area contributed by atoms with Crippen LogP contribution in [-0.4, -0.2) is 11.7 Å². The Morgan fingerprint density at radius 3 is 1.18 bits per heavy atom. The van der Waals surface area contributed by atoms with Crippen LogP contribution < -0.4 is 11.5 Å². The van der Waals surface area contributed by atoms with Crippen molar-refractivity contribution in [3.05, 3.63) is 69.8 Å². The predicted octanol–water partition coefficient (Wildman–Crippen LogP) is 2.95. The lowest BCUT2D eigenvalue weighted by Crippen LogP contribution is -2.19. The van der Waals surface area contributed by atoms with Crippen LogP contribution in [-0.2, 0) is 0 Å². The van der Waals surface area contributed by atoms with E-state index in [1.165, 1.54) is 0 Å². The van der Waals surface area contributed by atoms with Gasteiger partial charge in [0.15, 0.2) is 11.7 Å². The van der Waals surface area contributed by atoms with E-state index in [9.17, 15) is 0 Å². The largest absolute Gasteiger partial charge is 0.382 e. The normalized spacial score (nSPS) is 12.5. The topological polar surface area (TPSA) is 76.8 Å². The second-order valence-electron chi connectivity index (χ2n) is 5.50. The first kappa shape index (κ1) is 15.8. The Kier molecular flexibility index (Phi) is 4.61. The Labute approximate surface area is 131 Å². The van der Waals surface area contributed by atoms with Crippen LogP contribution in [0.5, 0.6) is 0 Å². The molecule has 0 fully saturated rings. The fraction of sp³-hybridized carbons (Fsp3) is 0.222. The van der Waals surface area contributed by atoms with E-state index in [0.717, 1.165) is 33.4 Å². The molecule has 0 bridgehead atoms. The van der Waals surface area contributed by atoms with Gasteiger partial charge in [-0.15, -0.1) is 10.2 Å². The van der Waals surface area contributed by atoms with Crippen molar-refractivity contribution >= 4 is 11.7 Å². The van der Waals surface area contributed by atoms with Crippen molar-refractivity contribution in [3.8, 4) is 0 Å². The Bertz CT molecular complexity index is 652. The van der Waals surface area contributed by atoms with Crippen molar-refractivity contribution < 1.29 is 0 Å². The maximum atomic E-state index is 6.09. The van der Waals surface area contributed by atoms with Gasteiger partial charge in [-0.25, -0.2) is 0 Å². The van der Waals surface area contributed by atoms with Crippen LogP contribution in [0.2, 0.25) is 0 Å². The lowest BCUT2D eigenvalue weighted by atomic mass is 10.0. The molecule has 0 heterocycles. The molecule has 4 heteroatoms. The highest BCUT2D eigenvalue weighted by molar-refractivity contribution is 6.03. The van der Waals surface area contributed by atoms with E-state index in [1.807, 2.05) is 64.1 Å². The Morgan fingerprint density at radius 1 is 0.636 bits per heavy atom. The van der Waals surface area contributed by atoms with Crippen molar-refractivity contribution in [2.24, 2.45) is 21.7 Å². The van der Waals surface area contributed by atoms with Crippen molar-refractivity contribution in [3.63, 3.8) is 0 Å². The zero-order valence-electron chi connectivity index (χ0n) is 13.5. The van der Waals surface area contributed by atoms with Gasteiger partial charge in [0.2, 0.25) is 0 Å². The number of nitrogens with two attached hydrogens (primary N) is 2. The molecule has 0 aromatic heterocycles. The highest BCUT2D eigenvalue weighted by atomic mass is 15.3. The minimum atomic E-state index is 0.379. The average molecular weight is 294 g/mol. The van der Waals surface area contributed by atoms with Gasteiger partial charge in [-0.05, 0) is 49.9 Å². The molecule has 2 rings (SSSR count). The van der Waals surface area contributed by atoms with Crippen LogP contribution in [0.25, 0.3) is 0 Å². The molecule has 4 N–H and O–H groups in total. The summed E-state index contributed by atoms with van der Waals surface area (Å²) in [5.74, 6) is 0.759. The zero-order valence-corrected chi connectivity index (χ0v) is 13.5. The fourth-order valence-corrected chi connectivity index (χ4v) is 2.64. The number of nitrogens with zero attached hydrogens (tertiary/aromatic N) is 2. The molecule has 22 heavy (non-hydrogen) atoms. The molecule has 0 aliphatic rings. The van der Waals surface area contributed by atoms with Gasteiger partial charge in [-0.3, -0.25) is 0 Å². The summed E-state index contributed by atoms with van der Waals surface area (Å²) in [6.07, 6.45) is 0. The first-order chi connectivity index (χ1) is 10.4. The first-order valence-corrected chi connectivity index (χ1v) is 7.21. The number of benzene rings is 2. The summed E-state index contributed by atoms with van der Waals surface area (Å²) in [4.78, 5) is 0. The summed E-state index contributed by atoms with van der Waals surface area (Å²) in [5, 5.41) is 8.26. The van der Waals surface area contributed by atoms with E-state index >= 15 is 0 Å². The van der Waals surface area contributed by atoms with Crippen molar-refractivity contribution in [1.82, 2.24) is 0 Å². The zero-order chi connectivity index (χ0) is 16.3. The average Bonchev–Trinajstić information content (AvgIpc) is 2.44. The van der Waals surface area contributed by atoms with E-state index < -0.39 is 0 Å². The van der Waals surface area contributed by atoms with Gasteiger partial charge in [-0.1, -0.05) is 36.4 Å². The van der Waals surface area contributed by atoms with Crippen LogP contribution in [0.15, 0.2) is 46.6 Å². The summed E-state index contributed by atoms with van der Waals surface area (Å²) >= 11 is 0. The van der Waals surface area contributed by atoms with Crippen LogP contribution in [0.1, 0.15) is 33.4 Å². The van der Waals surface area contributed by atoms with Crippen LogP contribution in [0.3, 0.4) is 0 Å². The molecule has 114 valence electrons. The smallest absolute Gasteiger partial charge is 0.153 e. The van der Waals surface area contributed by atoms with Crippen molar-refractivity contribution in [1.29, 1.82) is 0 Å². The fourth-order valence-electron chi connectivity index (χ4n) is 2.64. The molecule has 0 aliphatic heterocycles. The van der Waals surface area contributed by atoms with Gasteiger partial charge >= 0.3 is 0 Å². The third-order valence-electron chi connectivity index (χ3n) is 3.74. The number of hydrogen-bond acceptors (Lipinski definition) is 2. The molecule has 0 radical (unpaired) electrons. The van der Waals surface area contributed by atoms with Gasteiger partial charge in [0.25, 0.3) is 0 Å². The molecule has 0 atom stereocenters. The summed E-state index contributed by atoms with van der Waals surface area (Å²) in [6, 6.07) is 12.0. The monoisotopic (exact) mass is 294 g/mol. The van der Waals surface area contributed by atoms with Gasteiger partial charge in [0, 0.05) is 11.1 Å². The first-order valence-electron chi connectivity index (χ1n) is 7.21. The second kappa shape index (κ2) is 6.43. The van der Waals surface area contributed by atoms with Gasteiger partial charge in [-0.2, -0.15) is 0 Å². The third-order valence-corrected chi connectivity index (χ3v) is 3.74. The minimum Gasteiger partial charge on any atom is -0.382 e. The summed E-state index contributed by atoms with van der Waals surface area (Å²) < 4.78 is 0. The third kappa shape index (κ3) is 3.17. The SMILES string of the molecule is Cc1cccc(C)c1/C(N)=N/N=C(\N)c1c(C)cccc1C. The van der Waals surface area contributed by atoms with Crippen molar-refractivity contribution in [2.75, 3.05) is 0 Å². The predicted molar refractivity (Wildman–Crippen MR) is 93.3 cm³/mol. The Hall–Kier alpha value is -2.62. The Morgan fingerprint density at radius 2 is 0.909 bits per heavy atom. The van der Waals surface area contributed by atoms with E-state index in [-0.39, 0.29) is 0 Å². The number of amidine groups is 2. The van der Waals surface area contributed by atoms with E-state index in [1.54, 1.807) is 0 Å². The molecule has 0 amide bonds.